The monoisotopic (exact) mass is 562 g/mol. The fourth-order valence-electron chi connectivity index (χ4n) is 9.46. The number of hydrogen-bond acceptors (Lipinski definition) is 5. The third-order valence-electron chi connectivity index (χ3n) is 12.2. The molecule has 41 heavy (non-hydrogen) atoms. The second-order valence-corrected chi connectivity index (χ2v) is 14.3. The molecule has 1 amide bonds. The van der Waals surface area contributed by atoms with Gasteiger partial charge in [-0.05, 0) is 99.9 Å². The molecule has 2 saturated carbocycles. The zero-order chi connectivity index (χ0) is 29.7. The molecule has 0 saturated heterocycles. The summed E-state index contributed by atoms with van der Waals surface area (Å²) >= 11 is 0. The Labute approximate surface area is 246 Å². The van der Waals surface area contributed by atoms with Crippen molar-refractivity contribution < 1.29 is 19.4 Å². The number of nitrogens with zero attached hydrogens (tertiary/aromatic N) is 1. The molecule has 0 spiro atoms. The molecule has 6 heteroatoms. The van der Waals surface area contributed by atoms with Crippen LogP contribution in [0.3, 0.4) is 0 Å². The van der Waals surface area contributed by atoms with Crippen molar-refractivity contribution in [1.29, 1.82) is 0 Å². The van der Waals surface area contributed by atoms with Crippen LogP contribution in [0.25, 0.3) is 0 Å². The van der Waals surface area contributed by atoms with E-state index in [-0.39, 0.29) is 59.3 Å². The van der Waals surface area contributed by atoms with Crippen molar-refractivity contribution in [1.82, 2.24) is 10.2 Å². The van der Waals surface area contributed by atoms with Gasteiger partial charge in [-0.1, -0.05) is 56.7 Å². The minimum Gasteiger partial charge on any atom is -0.462 e. The molecule has 1 aromatic rings. The van der Waals surface area contributed by atoms with Gasteiger partial charge >= 0.3 is 5.97 Å². The van der Waals surface area contributed by atoms with Gasteiger partial charge in [0.1, 0.15) is 6.10 Å². The summed E-state index contributed by atoms with van der Waals surface area (Å²) in [4.78, 5) is 27.7. The minimum absolute atomic E-state index is 0.00847. The lowest BCUT2D eigenvalue weighted by Crippen LogP contribution is -2.54. The van der Waals surface area contributed by atoms with Crippen LogP contribution in [-0.2, 0) is 9.53 Å². The third kappa shape index (κ3) is 4.89. The highest BCUT2D eigenvalue weighted by Crippen LogP contribution is 2.68. The van der Waals surface area contributed by atoms with Crippen LogP contribution in [0.5, 0.6) is 0 Å². The van der Waals surface area contributed by atoms with Crippen molar-refractivity contribution >= 4 is 11.9 Å². The minimum atomic E-state index is -0.440. The zero-order valence-electron chi connectivity index (χ0n) is 26.1. The maximum absolute atomic E-state index is 13.1. The van der Waals surface area contributed by atoms with Crippen LogP contribution in [0, 0.1) is 34.0 Å². The molecule has 0 heterocycles. The lowest BCUT2D eigenvalue weighted by Gasteiger charge is -2.53. The number of ether oxygens (including phenoxy) is 1. The molecule has 0 bridgehead atoms. The Bertz CT molecular complexity index is 1220. The van der Waals surface area contributed by atoms with Crippen molar-refractivity contribution in [3.05, 3.63) is 59.2 Å². The molecule has 224 valence electrons. The number of fused-ring (bicyclic) bond motifs is 4. The van der Waals surface area contributed by atoms with Gasteiger partial charge in [0.05, 0.1) is 6.61 Å². The highest BCUT2D eigenvalue weighted by molar-refractivity contribution is 5.94. The molecule has 1 aromatic carbocycles. The van der Waals surface area contributed by atoms with Crippen LogP contribution in [-0.4, -0.2) is 60.8 Å². The van der Waals surface area contributed by atoms with Gasteiger partial charge in [-0.25, -0.2) is 0 Å². The van der Waals surface area contributed by atoms with E-state index in [9.17, 15) is 14.7 Å². The first-order chi connectivity index (χ1) is 19.4. The second-order valence-electron chi connectivity index (χ2n) is 14.3. The number of esters is 1. The normalized spacial score (nSPS) is 38.9. The van der Waals surface area contributed by atoms with Crippen LogP contribution in [0.1, 0.15) is 83.5 Å². The summed E-state index contributed by atoms with van der Waals surface area (Å²) in [5.74, 6) is 0.534. The number of benzene rings is 1. The second kappa shape index (κ2) is 11.0. The molecular weight excluding hydrogens is 512 g/mol. The smallest absolute Gasteiger partial charge is 0.302 e. The van der Waals surface area contributed by atoms with Gasteiger partial charge < -0.3 is 20.1 Å². The van der Waals surface area contributed by atoms with Crippen LogP contribution < -0.4 is 5.32 Å². The highest BCUT2D eigenvalue weighted by Gasteiger charge is 2.65. The highest BCUT2D eigenvalue weighted by atomic mass is 16.5. The first kappa shape index (κ1) is 30.0. The first-order valence-electron chi connectivity index (χ1n) is 15.6. The Morgan fingerprint density at radius 2 is 1.76 bits per heavy atom. The average Bonchev–Trinajstić information content (AvgIpc) is 3.04. The van der Waals surface area contributed by atoms with E-state index < -0.39 is 5.41 Å². The Kier molecular flexibility index (Phi) is 8.06. The lowest BCUT2D eigenvalue weighted by atomic mass is 9.51. The molecule has 4 aliphatic carbocycles. The van der Waals surface area contributed by atoms with Crippen LogP contribution in [0.15, 0.2) is 53.6 Å². The number of aliphatic hydroxyl groups excluding tert-OH is 1. The van der Waals surface area contributed by atoms with Crippen molar-refractivity contribution in [2.24, 2.45) is 34.0 Å². The van der Waals surface area contributed by atoms with Gasteiger partial charge in [0.15, 0.2) is 0 Å². The van der Waals surface area contributed by atoms with Gasteiger partial charge in [-0.2, -0.15) is 0 Å². The summed E-state index contributed by atoms with van der Waals surface area (Å²) < 4.78 is 6.08. The topological polar surface area (TPSA) is 78.9 Å². The number of rotatable bonds is 6. The summed E-state index contributed by atoms with van der Waals surface area (Å²) in [6, 6.07) is 9.55. The first-order valence-corrected chi connectivity index (χ1v) is 15.6. The summed E-state index contributed by atoms with van der Waals surface area (Å²) in [7, 11) is 4.25. The fraction of sp³-hybridized carbons (Fsp3) is 0.657. The standard InChI is InChI=1S/C35H50N2O4/c1-22(37(6)7)31-29(41-23(2)39)20-35(5)28-15-14-27-25(19-26(28)17-18-34(31,35)4)13-16-30(33(27,3)21-38)36-32(40)24-11-9-8-10-12-24/h8-12,17,19,22,27-31,38H,13-16,18,20-21H2,1-7H3,(H,36,40). The van der Waals surface area contributed by atoms with Crippen molar-refractivity contribution in [2.45, 2.75) is 91.3 Å². The predicted octanol–water partition coefficient (Wildman–Crippen LogP) is 5.77. The maximum atomic E-state index is 13.1. The molecule has 9 unspecified atom stereocenters. The van der Waals surface area contributed by atoms with Crippen molar-refractivity contribution in [3.63, 3.8) is 0 Å². The Morgan fingerprint density at radius 1 is 1.07 bits per heavy atom. The number of aliphatic hydroxyl groups is 1. The van der Waals surface area contributed by atoms with Gasteiger partial charge in [0, 0.05) is 35.9 Å². The van der Waals surface area contributed by atoms with E-state index in [1.807, 2.05) is 30.3 Å². The van der Waals surface area contributed by atoms with Gasteiger partial charge in [0.2, 0.25) is 0 Å². The van der Waals surface area contributed by atoms with Crippen molar-refractivity contribution in [2.75, 3.05) is 20.7 Å². The Morgan fingerprint density at radius 3 is 2.39 bits per heavy atom. The number of nitrogens with one attached hydrogen (secondary N) is 1. The number of carbonyl (C=O) groups excluding carboxylic acids is 2. The number of amides is 1. The summed E-state index contributed by atoms with van der Waals surface area (Å²) in [5, 5.41) is 14.2. The summed E-state index contributed by atoms with van der Waals surface area (Å²) in [5.41, 5.74) is 3.03. The predicted molar refractivity (Wildman–Crippen MR) is 162 cm³/mol. The molecule has 5 rings (SSSR count). The summed E-state index contributed by atoms with van der Waals surface area (Å²) in [6.45, 7) is 10.9. The van der Waals surface area contributed by atoms with E-state index in [2.05, 4.69) is 64.2 Å². The van der Waals surface area contributed by atoms with E-state index in [0.717, 1.165) is 38.5 Å². The van der Waals surface area contributed by atoms with Crippen LogP contribution in [0.4, 0.5) is 0 Å². The molecule has 0 aliphatic heterocycles. The molecule has 4 aliphatic rings. The number of hydrogen-bond donors (Lipinski definition) is 2. The summed E-state index contributed by atoms with van der Waals surface area (Å²) in [6.07, 6.45) is 10.4. The zero-order valence-corrected chi connectivity index (χ0v) is 26.1. The number of carbonyl (C=O) groups is 2. The lowest BCUT2D eigenvalue weighted by molar-refractivity contribution is -0.150. The molecule has 0 radical (unpaired) electrons. The quantitative estimate of drug-likeness (QED) is 0.430. The Balaban J connectivity index is 1.45. The van der Waals surface area contributed by atoms with E-state index in [1.165, 1.54) is 18.1 Å². The average molecular weight is 563 g/mol. The fourth-order valence-corrected chi connectivity index (χ4v) is 9.46. The van der Waals surface area contributed by atoms with Gasteiger partial charge in [-0.15, -0.1) is 0 Å². The van der Waals surface area contributed by atoms with Gasteiger partial charge in [0.25, 0.3) is 5.91 Å². The van der Waals surface area contributed by atoms with E-state index in [4.69, 9.17) is 4.74 Å². The SMILES string of the molecule is CC(=O)OC1CC2(C)C3CCC4C(=CC3=CCC2(C)C1C(C)N(C)C)CCC(NC(=O)c1ccccc1)C4(C)CO. The number of allylic oxidation sites excluding steroid dienone is 4. The molecule has 2 N–H and O–H groups in total. The molecule has 2 fully saturated rings. The maximum Gasteiger partial charge on any atom is 0.302 e. The van der Waals surface area contributed by atoms with Crippen LogP contribution in [0.2, 0.25) is 0 Å². The van der Waals surface area contributed by atoms with Crippen molar-refractivity contribution in [3.8, 4) is 0 Å². The van der Waals surface area contributed by atoms with E-state index >= 15 is 0 Å². The van der Waals surface area contributed by atoms with E-state index in [0.29, 0.717) is 11.5 Å². The van der Waals surface area contributed by atoms with E-state index in [1.54, 1.807) is 0 Å². The molecule has 9 atom stereocenters. The van der Waals surface area contributed by atoms with Gasteiger partial charge in [-0.3, -0.25) is 9.59 Å². The third-order valence-corrected chi connectivity index (χ3v) is 12.2. The Hall–Kier alpha value is -2.44. The molecular formula is C35H50N2O4. The van der Waals surface area contributed by atoms with Crippen LogP contribution >= 0.6 is 0 Å². The molecule has 6 nitrogen and oxygen atoms in total. The largest absolute Gasteiger partial charge is 0.462 e. The molecule has 0 aromatic heterocycles.